The van der Waals surface area contributed by atoms with Crippen molar-refractivity contribution in [3.05, 3.63) is 59.6 Å². The van der Waals surface area contributed by atoms with Crippen molar-refractivity contribution in [1.29, 1.82) is 0 Å². The minimum atomic E-state index is -0.487. The van der Waals surface area contributed by atoms with E-state index in [1.807, 2.05) is 54.6 Å². The smallest absolute Gasteiger partial charge is 0.333 e. The quantitative estimate of drug-likeness (QED) is 0.741. The van der Waals surface area contributed by atoms with Gasteiger partial charge in [-0.1, -0.05) is 41.9 Å². The first-order chi connectivity index (χ1) is 13.6. The lowest BCUT2D eigenvalue weighted by molar-refractivity contribution is -0.128. The Hall–Kier alpha value is -2.57. The molecular weight excluding hydrogens is 376 g/mol. The Morgan fingerprint density at radius 3 is 2.25 bits per heavy atom. The molecule has 1 unspecified atom stereocenters. The fourth-order valence-corrected chi connectivity index (χ4v) is 4.07. The Labute approximate surface area is 169 Å². The molecule has 0 saturated carbocycles. The number of imide groups is 1. The number of anilines is 2. The van der Waals surface area contributed by atoms with Gasteiger partial charge in [-0.25, -0.2) is 9.69 Å². The van der Waals surface area contributed by atoms with Crippen molar-refractivity contribution in [2.24, 2.45) is 0 Å². The van der Waals surface area contributed by atoms with Gasteiger partial charge in [-0.05, 0) is 31.2 Å². The number of nitrogens with zero attached hydrogens (tertiary/aromatic N) is 4. The third-order valence-corrected chi connectivity index (χ3v) is 5.71. The first-order valence-electron chi connectivity index (χ1n) is 9.47. The van der Waals surface area contributed by atoms with Crippen LogP contribution in [-0.4, -0.2) is 60.6 Å². The van der Waals surface area contributed by atoms with Crippen LogP contribution in [0.4, 0.5) is 16.2 Å². The monoisotopic (exact) mass is 398 g/mol. The number of carbonyl (C=O) groups is 2. The summed E-state index contributed by atoms with van der Waals surface area (Å²) in [6.07, 6.45) is 0. The number of hydrogen-bond acceptors (Lipinski definition) is 4. The van der Waals surface area contributed by atoms with Crippen LogP contribution in [0.1, 0.15) is 6.92 Å². The van der Waals surface area contributed by atoms with Crippen molar-refractivity contribution in [2.45, 2.75) is 13.0 Å². The van der Waals surface area contributed by atoms with E-state index in [2.05, 4.69) is 9.80 Å². The summed E-state index contributed by atoms with van der Waals surface area (Å²) in [4.78, 5) is 32.9. The highest BCUT2D eigenvalue weighted by Gasteiger charge is 2.44. The Balaban J connectivity index is 1.41. The Morgan fingerprint density at radius 2 is 1.57 bits per heavy atom. The maximum atomic E-state index is 12.9. The van der Waals surface area contributed by atoms with E-state index in [1.54, 1.807) is 11.8 Å². The molecule has 4 rings (SSSR count). The molecule has 0 radical (unpaired) electrons. The van der Waals surface area contributed by atoms with Crippen LogP contribution in [0, 0.1) is 0 Å². The highest BCUT2D eigenvalue weighted by atomic mass is 35.5. The van der Waals surface area contributed by atoms with Crippen LogP contribution in [0.25, 0.3) is 0 Å². The molecule has 2 aliphatic heterocycles. The molecule has 0 N–H and O–H groups in total. The van der Waals surface area contributed by atoms with Crippen LogP contribution >= 0.6 is 11.6 Å². The average molecular weight is 399 g/mol. The van der Waals surface area contributed by atoms with Crippen LogP contribution in [0.2, 0.25) is 5.02 Å². The van der Waals surface area contributed by atoms with Gasteiger partial charge >= 0.3 is 6.03 Å². The summed E-state index contributed by atoms with van der Waals surface area (Å²) < 4.78 is 0. The molecule has 2 aliphatic rings. The summed E-state index contributed by atoms with van der Waals surface area (Å²) in [7, 11) is 0. The molecule has 146 valence electrons. The number of rotatable bonds is 4. The predicted octanol–water partition coefficient (Wildman–Crippen LogP) is 3.28. The number of amides is 3. The average Bonchev–Trinajstić information content (AvgIpc) is 2.93. The van der Waals surface area contributed by atoms with Gasteiger partial charge in [0.05, 0.1) is 17.4 Å². The van der Waals surface area contributed by atoms with E-state index in [4.69, 9.17) is 11.6 Å². The van der Waals surface area contributed by atoms with Crippen LogP contribution < -0.4 is 9.80 Å². The van der Waals surface area contributed by atoms with E-state index in [-0.39, 0.29) is 11.9 Å². The number of benzene rings is 2. The molecule has 3 amide bonds. The van der Waals surface area contributed by atoms with Crippen molar-refractivity contribution >= 4 is 34.9 Å². The first-order valence-corrected chi connectivity index (χ1v) is 9.85. The van der Waals surface area contributed by atoms with E-state index in [9.17, 15) is 9.59 Å². The van der Waals surface area contributed by atoms with Crippen molar-refractivity contribution in [1.82, 2.24) is 9.80 Å². The minimum Gasteiger partial charge on any atom is -0.368 e. The normalized spacial score (nSPS) is 20.9. The highest BCUT2D eigenvalue weighted by molar-refractivity contribution is 6.33. The van der Waals surface area contributed by atoms with Crippen molar-refractivity contribution in [3.8, 4) is 0 Å². The highest BCUT2D eigenvalue weighted by Crippen LogP contribution is 2.28. The molecule has 0 aromatic heterocycles. The topological polar surface area (TPSA) is 47.1 Å². The third kappa shape index (κ3) is 3.45. The van der Waals surface area contributed by atoms with Gasteiger partial charge in [0.2, 0.25) is 0 Å². The predicted molar refractivity (Wildman–Crippen MR) is 111 cm³/mol. The van der Waals surface area contributed by atoms with Gasteiger partial charge < -0.3 is 4.90 Å². The maximum Gasteiger partial charge on any atom is 0.333 e. The minimum absolute atomic E-state index is 0.151. The van der Waals surface area contributed by atoms with Crippen LogP contribution in [0.15, 0.2) is 54.6 Å². The van der Waals surface area contributed by atoms with Crippen molar-refractivity contribution in [2.75, 3.05) is 42.6 Å². The van der Waals surface area contributed by atoms with E-state index >= 15 is 0 Å². The molecule has 2 saturated heterocycles. The standard InChI is InChI=1S/C21H23ClN4O2/c1-16-20(27)25(21(28)26(16)17-7-3-2-4-8-17)15-23-11-13-24(14-12-23)19-10-6-5-9-18(19)22/h2-10,16H,11-15H2,1H3. The number of para-hydroxylation sites is 2. The molecule has 0 aliphatic carbocycles. The zero-order chi connectivity index (χ0) is 19.7. The molecule has 6 nitrogen and oxygen atoms in total. The second-order valence-corrected chi connectivity index (χ2v) is 7.54. The van der Waals surface area contributed by atoms with Gasteiger partial charge in [-0.2, -0.15) is 0 Å². The van der Waals surface area contributed by atoms with E-state index in [0.717, 1.165) is 42.6 Å². The summed E-state index contributed by atoms with van der Waals surface area (Å²) >= 11 is 6.30. The summed E-state index contributed by atoms with van der Waals surface area (Å²) in [5, 5.41) is 0.744. The molecule has 2 aromatic carbocycles. The lowest BCUT2D eigenvalue weighted by Gasteiger charge is -2.37. The zero-order valence-electron chi connectivity index (χ0n) is 15.8. The van der Waals surface area contributed by atoms with Gasteiger partial charge in [-0.3, -0.25) is 14.6 Å². The summed E-state index contributed by atoms with van der Waals surface area (Å²) in [6.45, 7) is 5.24. The first kappa shape index (κ1) is 18.8. The summed E-state index contributed by atoms with van der Waals surface area (Å²) in [6, 6.07) is 16.4. The third-order valence-electron chi connectivity index (χ3n) is 5.39. The molecule has 1 atom stereocenters. The molecule has 2 aromatic rings. The fourth-order valence-electron chi connectivity index (χ4n) is 3.82. The van der Waals surface area contributed by atoms with Crippen LogP contribution in [0.3, 0.4) is 0 Å². The summed E-state index contributed by atoms with van der Waals surface area (Å²) in [5.41, 5.74) is 1.78. The van der Waals surface area contributed by atoms with Crippen LogP contribution in [0.5, 0.6) is 0 Å². The Morgan fingerprint density at radius 1 is 0.929 bits per heavy atom. The number of hydrogen-bond donors (Lipinski definition) is 0. The van der Waals surface area contributed by atoms with E-state index in [0.29, 0.717) is 6.67 Å². The maximum absolute atomic E-state index is 12.9. The Kier molecular flexibility index (Phi) is 5.24. The van der Waals surface area contributed by atoms with E-state index < -0.39 is 6.04 Å². The largest absolute Gasteiger partial charge is 0.368 e. The number of halogens is 1. The van der Waals surface area contributed by atoms with Crippen LogP contribution in [-0.2, 0) is 4.79 Å². The molecule has 28 heavy (non-hydrogen) atoms. The second kappa shape index (κ2) is 7.81. The second-order valence-electron chi connectivity index (χ2n) is 7.13. The number of carbonyl (C=O) groups excluding carboxylic acids is 2. The lowest BCUT2D eigenvalue weighted by atomic mass is 10.2. The van der Waals surface area contributed by atoms with Crippen molar-refractivity contribution in [3.63, 3.8) is 0 Å². The summed E-state index contributed by atoms with van der Waals surface area (Å²) in [5.74, 6) is -0.151. The molecule has 2 fully saturated rings. The molecular formula is C21H23ClN4O2. The molecule has 0 bridgehead atoms. The van der Waals surface area contributed by atoms with Gasteiger partial charge in [0.15, 0.2) is 0 Å². The van der Waals surface area contributed by atoms with Gasteiger partial charge in [0.1, 0.15) is 6.04 Å². The molecule has 2 heterocycles. The number of urea groups is 1. The lowest BCUT2D eigenvalue weighted by Crippen LogP contribution is -2.51. The van der Waals surface area contributed by atoms with Gasteiger partial charge in [0, 0.05) is 31.9 Å². The SMILES string of the molecule is CC1C(=O)N(CN2CCN(c3ccccc3Cl)CC2)C(=O)N1c1ccccc1. The molecule has 7 heteroatoms. The van der Waals surface area contributed by atoms with E-state index in [1.165, 1.54) is 4.90 Å². The zero-order valence-corrected chi connectivity index (χ0v) is 16.5. The molecule has 0 spiro atoms. The van der Waals surface area contributed by atoms with Gasteiger partial charge in [0.25, 0.3) is 5.91 Å². The Bertz CT molecular complexity index is 868. The van der Waals surface area contributed by atoms with Crippen molar-refractivity contribution < 1.29 is 9.59 Å². The number of piperazine rings is 1. The fraction of sp³-hybridized carbons (Fsp3) is 0.333. The van der Waals surface area contributed by atoms with Gasteiger partial charge in [-0.15, -0.1) is 0 Å².